The van der Waals surface area contributed by atoms with E-state index in [1.165, 1.54) is 0 Å². The van der Waals surface area contributed by atoms with Gasteiger partial charge in [0.15, 0.2) is 0 Å². The lowest BCUT2D eigenvalue weighted by Gasteiger charge is -2.32. The summed E-state index contributed by atoms with van der Waals surface area (Å²) in [7, 11) is 0.786. The summed E-state index contributed by atoms with van der Waals surface area (Å²) in [5.41, 5.74) is 0. The second kappa shape index (κ2) is 7.87. The molecule has 0 aromatic heterocycles. The highest BCUT2D eigenvalue weighted by Gasteiger charge is 2.28. The second-order valence-electron chi connectivity index (χ2n) is 6.50. The van der Waals surface area contributed by atoms with Gasteiger partial charge in [-0.3, -0.25) is 0 Å². The van der Waals surface area contributed by atoms with Crippen molar-refractivity contribution >= 4 is 10.2 Å². The number of nitrogens with zero attached hydrogens (tertiary/aromatic N) is 2. The van der Waals surface area contributed by atoms with Crippen LogP contribution < -0.4 is 10.0 Å². The number of hydrogen-bond donors (Lipinski definition) is 2. The first kappa shape index (κ1) is 17.1. The van der Waals surface area contributed by atoms with Gasteiger partial charge in [0, 0.05) is 19.6 Å². The summed E-state index contributed by atoms with van der Waals surface area (Å²) < 4.78 is 29.1. The van der Waals surface area contributed by atoms with E-state index >= 15 is 0 Å². The molecule has 6 nitrogen and oxygen atoms in total. The van der Waals surface area contributed by atoms with Crippen molar-refractivity contribution in [2.45, 2.75) is 25.7 Å². The van der Waals surface area contributed by atoms with Gasteiger partial charge in [0.05, 0.1) is 0 Å². The molecule has 0 atom stereocenters. The first-order chi connectivity index (χ1) is 10.0. The zero-order valence-electron chi connectivity index (χ0n) is 13.3. The summed E-state index contributed by atoms with van der Waals surface area (Å²) in [6.45, 7) is 5.01. The number of hydrogen-bond acceptors (Lipinski definition) is 4. The Morgan fingerprint density at radius 1 is 0.952 bits per heavy atom. The molecule has 2 fully saturated rings. The second-order valence-corrected chi connectivity index (χ2v) is 8.26. The fraction of sp³-hybridized carbons (Fsp3) is 1.00. The van der Waals surface area contributed by atoms with Crippen molar-refractivity contribution in [3.05, 3.63) is 0 Å². The lowest BCUT2D eigenvalue weighted by Crippen LogP contribution is -2.47. The maximum atomic E-state index is 12.3. The van der Waals surface area contributed by atoms with Crippen molar-refractivity contribution in [2.24, 2.45) is 11.8 Å². The fourth-order valence-corrected chi connectivity index (χ4v) is 4.54. The van der Waals surface area contributed by atoms with Crippen LogP contribution in [0.15, 0.2) is 0 Å². The molecular weight excluding hydrogens is 288 g/mol. The molecule has 0 aromatic carbocycles. The topological polar surface area (TPSA) is 64.7 Å². The molecule has 2 heterocycles. The van der Waals surface area contributed by atoms with Gasteiger partial charge >= 0.3 is 0 Å². The van der Waals surface area contributed by atoms with Gasteiger partial charge in [-0.25, -0.2) is 4.72 Å². The van der Waals surface area contributed by atoms with Crippen molar-refractivity contribution in [2.75, 3.05) is 53.4 Å². The van der Waals surface area contributed by atoms with Gasteiger partial charge in [0.25, 0.3) is 10.2 Å². The number of piperidine rings is 2. The smallest absolute Gasteiger partial charge is 0.279 e. The molecule has 0 amide bonds. The Balaban J connectivity index is 1.74. The third kappa shape index (κ3) is 5.17. The van der Waals surface area contributed by atoms with Crippen molar-refractivity contribution in [3.8, 4) is 0 Å². The van der Waals surface area contributed by atoms with E-state index in [4.69, 9.17) is 0 Å². The average molecular weight is 318 g/mol. The standard InChI is InChI=1S/C14H30N4O2S/c1-15-11-13-5-9-18(10-6-13)21(19,20)16-12-14-3-7-17(2)8-4-14/h13-16H,3-12H2,1-2H3. The van der Waals surface area contributed by atoms with E-state index in [1.54, 1.807) is 4.31 Å². The molecule has 2 aliphatic rings. The maximum Gasteiger partial charge on any atom is 0.279 e. The van der Waals surface area contributed by atoms with Gasteiger partial charge in [-0.2, -0.15) is 12.7 Å². The van der Waals surface area contributed by atoms with E-state index in [2.05, 4.69) is 22.0 Å². The first-order valence-corrected chi connectivity index (χ1v) is 9.53. The number of nitrogens with one attached hydrogen (secondary N) is 2. The molecule has 0 unspecified atom stereocenters. The van der Waals surface area contributed by atoms with Crippen LogP contribution in [0.1, 0.15) is 25.7 Å². The SMILES string of the molecule is CNCC1CCN(S(=O)(=O)NCC2CCN(C)CC2)CC1. The average Bonchev–Trinajstić information content (AvgIpc) is 2.48. The summed E-state index contributed by atoms with van der Waals surface area (Å²) >= 11 is 0. The van der Waals surface area contributed by atoms with Crippen LogP contribution in [0.3, 0.4) is 0 Å². The van der Waals surface area contributed by atoms with Crippen LogP contribution in [0.25, 0.3) is 0 Å². The highest BCUT2D eigenvalue weighted by molar-refractivity contribution is 7.87. The summed E-state index contributed by atoms with van der Waals surface area (Å²) in [5, 5.41) is 3.18. The molecule has 2 N–H and O–H groups in total. The fourth-order valence-electron chi connectivity index (χ4n) is 3.22. The maximum absolute atomic E-state index is 12.3. The zero-order chi connectivity index (χ0) is 15.3. The van der Waals surface area contributed by atoms with Crippen molar-refractivity contribution in [1.82, 2.24) is 19.2 Å². The van der Waals surface area contributed by atoms with Crippen LogP contribution in [0.2, 0.25) is 0 Å². The molecule has 0 spiro atoms. The minimum Gasteiger partial charge on any atom is -0.319 e. The van der Waals surface area contributed by atoms with Gasteiger partial charge < -0.3 is 10.2 Å². The predicted octanol–water partition coefficient (Wildman–Crippen LogP) is 0.0940. The molecule has 7 heteroatoms. The molecule has 124 valence electrons. The summed E-state index contributed by atoms with van der Waals surface area (Å²) in [6.07, 6.45) is 4.08. The minimum atomic E-state index is -3.29. The zero-order valence-corrected chi connectivity index (χ0v) is 14.2. The largest absolute Gasteiger partial charge is 0.319 e. The van der Waals surface area contributed by atoms with Crippen LogP contribution in [0.5, 0.6) is 0 Å². The molecule has 0 radical (unpaired) electrons. The summed E-state index contributed by atoms with van der Waals surface area (Å²) in [6, 6.07) is 0. The van der Waals surface area contributed by atoms with Gasteiger partial charge in [-0.15, -0.1) is 0 Å². The molecule has 0 bridgehead atoms. The van der Waals surface area contributed by atoms with E-state index in [9.17, 15) is 8.42 Å². The molecule has 0 aliphatic carbocycles. The lowest BCUT2D eigenvalue weighted by atomic mass is 9.98. The predicted molar refractivity (Wildman–Crippen MR) is 85.4 cm³/mol. The van der Waals surface area contributed by atoms with Crippen LogP contribution >= 0.6 is 0 Å². The molecule has 2 aliphatic heterocycles. The van der Waals surface area contributed by atoms with Crippen molar-refractivity contribution < 1.29 is 8.42 Å². The Kier molecular flexibility index (Phi) is 6.43. The van der Waals surface area contributed by atoms with Crippen LogP contribution in [-0.4, -0.2) is 71.0 Å². The van der Waals surface area contributed by atoms with Crippen LogP contribution in [0.4, 0.5) is 0 Å². The quantitative estimate of drug-likeness (QED) is 0.729. The third-order valence-electron chi connectivity index (χ3n) is 4.80. The molecular formula is C14H30N4O2S. The highest BCUT2D eigenvalue weighted by Crippen LogP contribution is 2.19. The number of rotatable bonds is 6. The summed E-state index contributed by atoms with van der Waals surface area (Å²) in [4.78, 5) is 2.30. The van der Waals surface area contributed by atoms with Crippen LogP contribution in [-0.2, 0) is 10.2 Å². The molecule has 21 heavy (non-hydrogen) atoms. The Morgan fingerprint density at radius 3 is 2.05 bits per heavy atom. The van der Waals surface area contributed by atoms with E-state index in [0.717, 1.165) is 45.3 Å². The van der Waals surface area contributed by atoms with E-state index in [0.29, 0.717) is 31.5 Å². The minimum absolute atomic E-state index is 0.484. The van der Waals surface area contributed by atoms with E-state index in [-0.39, 0.29) is 0 Å². The Labute approximate surface area is 129 Å². The summed E-state index contributed by atoms with van der Waals surface area (Å²) in [5.74, 6) is 1.09. The molecule has 0 aromatic rings. The number of likely N-dealkylation sites (tertiary alicyclic amines) is 1. The monoisotopic (exact) mass is 318 g/mol. The normalized spacial score (nSPS) is 24.5. The Hall–Kier alpha value is -0.210. The highest BCUT2D eigenvalue weighted by atomic mass is 32.2. The van der Waals surface area contributed by atoms with E-state index < -0.39 is 10.2 Å². The molecule has 0 saturated carbocycles. The van der Waals surface area contributed by atoms with Gasteiger partial charge in [-0.05, 0) is 71.2 Å². The third-order valence-corrected chi connectivity index (χ3v) is 6.38. The van der Waals surface area contributed by atoms with Crippen LogP contribution in [0, 0.1) is 11.8 Å². The Bertz CT molecular complexity index is 399. The first-order valence-electron chi connectivity index (χ1n) is 8.09. The Morgan fingerprint density at radius 2 is 1.48 bits per heavy atom. The molecule has 2 saturated heterocycles. The molecule has 2 rings (SSSR count). The van der Waals surface area contributed by atoms with Gasteiger partial charge in [0.1, 0.15) is 0 Å². The van der Waals surface area contributed by atoms with Gasteiger partial charge in [0.2, 0.25) is 0 Å². The van der Waals surface area contributed by atoms with Crippen molar-refractivity contribution in [1.29, 1.82) is 0 Å². The van der Waals surface area contributed by atoms with Gasteiger partial charge in [-0.1, -0.05) is 0 Å². The van der Waals surface area contributed by atoms with Crippen molar-refractivity contribution in [3.63, 3.8) is 0 Å². The van der Waals surface area contributed by atoms with E-state index in [1.807, 2.05) is 7.05 Å². The lowest BCUT2D eigenvalue weighted by molar-refractivity contribution is 0.219.